The Morgan fingerprint density at radius 2 is 2.10 bits per heavy atom. The minimum atomic E-state index is -0.572. The molecule has 0 radical (unpaired) electrons. The Hall–Kier alpha value is -1.65. The van der Waals surface area contributed by atoms with Crippen LogP contribution < -0.4 is 0 Å². The van der Waals surface area contributed by atoms with Crippen molar-refractivity contribution in [2.75, 3.05) is 6.54 Å². The monoisotopic (exact) mass is 295 g/mol. The van der Waals surface area contributed by atoms with Crippen molar-refractivity contribution < 1.29 is 19.1 Å². The van der Waals surface area contributed by atoms with Gasteiger partial charge in [0.15, 0.2) is 0 Å². The zero-order valence-corrected chi connectivity index (χ0v) is 13.1. The smallest absolute Gasteiger partial charge is 0.307 e. The Kier molecular flexibility index (Phi) is 6.12. The lowest BCUT2D eigenvalue weighted by Crippen LogP contribution is -2.41. The number of aldehydes is 1. The van der Waals surface area contributed by atoms with E-state index in [-0.39, 0.29) is 18.4 Å². The highest BCUT2D eigenvalue weighted by Crippen LogP contribution is 2.23. The molecule has 0 aromatic heterocycles. The zero-order chi connectivity index (χ0) is 16.0. The molecule has 2 atom stereocenters. The van der Waals surface area contributed by atoms with Crippen molar-refractivity contribution in [2.45, 2.75) is 58.1 Å². The molecule has 5 nitrogen and oxygen atoms in total. The molecule has 1 aliphatic rings. The molecule has 2 unspecified atom stereocenters. The van der Waals surface area contributed by atoms with Gasteiger partial charge in [-0.2, -0.15) is 0 Å². The van der Waals surface area contributed by atoms with Gasteiger partial charge in [-0.05, 0) is 40.0 Å². The average Bonchev–Trinajstić information content (AvgIpc) is 2.83. The van der Waals surface area contributed by atoms with Crippen LogP contribution in [0.1, 0.15) is 46.5 Å². The molecular formula is C16H25NO4. The van der Waals surface area contributed by atoms with Crippen molar-refractivity contribution in [3.05, 3.63) is 12.7 Å². The van der Waals surface area contributed by atoms with Crippen molar-refractivity contribution in [3.63, 3.8) is 0 Å². The first-order chi connectivity index (χ1) is 9.78. The molecule has 118 valence electrons. The molecule has 5 heteroatoms. The molecule has 1 saturated heterocycles. The summed E-state index contributed by atoms with van der Waals surface area (Å²) in [5, 5.41) is 0. The largest absolute Gasteiger partial charge is 0.460 e. The van der Waals surface area contributed by atoms with Crippen LogP contribution in [0.2, 0.25) is 0 Å². The van der Waals surface area contributed by atoms with E-state index in [0.717, 1.165) is 12.7 Å². The molecular weight excluding hydrogens is 270 g/mol. The summed E-state index contributed by atoms with van der Waals surface area (Å²) in [6.07, 6.45) is 4.37. The Bertz CT molecular complexity index is 411. The number of likely N-dealkylation sites (tertiary alicyclic amines) is 1. The normalized spacial score (nSPS) is 20.0. The van der Waals surface area contributed by atoms with Crippen molar-refractivity contribution in [1.82, 2.24) is 4.90 Å². The van der Waals surface area contributed by atoms with Crippen molar-refractivity contribution in [3.8, 4) is 0 Å². The van der Waals surface area contributed by atoms with E-state index in [9.17, 15) is 14.4 Å². The van der Waals surface area contributed by atoms with Crippen LogP contribution in [0, 0.1) is 5.92 Å². The number of carbonyl (C=O) groups excluding carboxylic acids is 3. The van der Waals surface area contributed by atoms with Gasteiger partial charge < -0.3 is 14.4 Å². The molecule has 1 heterocycles. The van der Waals surface area contributed by atoms with E-state index < -0.39 is 17.5 Å². The third-order valence-electron chi connectivity index (χ3n) is 3.37. The summed E-state index contributed by atoms with van der Waals surface area (Å²) in [6.45, 7) is 9.58. The van der Waals surface area contributed by atoms with E-state index in [0.29, 0.717) is 19.4 Å². The molecule has 0 N–H and O–H groups in total. The predicted octanol–water partition coefficient (Wildman–Crippen LogP) is 2.10. The van der Waals surface area contributed by atoms with E-state index >= 15 is 0 Å². The maximum Gasteiger partial charge on any atom is 0.307 e. The summed E-state index contributed by atoms with van der Waals surface area (Å²) in [5.74, 6) is -1.06. The van der Waals surface area contributed by atoms with Crippen LogP contribution in [0.5, 0.6) is 0 Å². The maximum absolute atomic E-state index is 12.5. The average molecular weight is 295 g/mol. The minimum Gasteiger partial charge on any atom is -0.460 e. The van der Waals surface area contributed by atoms with Gasteiger partial charge in [0.1, 0.15) is 11.9 Å². The zero-order valence-electron chi connectivity index (χ0n) is 13.1. The third kappa shape index (κ3) is 5.33. The number of hydrogen-bond acceptors (Lipinski definition) is 4. The lowest BCUT2D eigenvalue weighted by atomic mass is 9.99. The van der Waals surface area contributed by atoms with Gasteiger partial charge in [-0.1, -0.05) is 6.08 Å². The second-order valence-corrected chi connectivity index (χ2v) is 6.39. The first-order valence-corrected chi connectivity index (χ1v) is 7.37. The van der Waals surface area contributed by atoms with Crippen LogP contribution in [0.4, 0.5) is 0 Å². The molecule has 0 aliphatic carbocycles. The highest BCUT2D eigenvalue weighted by molar-refractivity contribution is 5.86. The van der Waals surface area contributed by atoms with Gasteiger partial charge in [-0.25, -0.2) is 0 Å². The van der Waals surface area contributed by atoms with Crippen molar-refractivity contribution >= 4 is 18.2 Å². The number of hydrogen-bond donors (Lipinski definition) is 0. The number of rotatable bonds is 6. The Balaban J connectivity index is 2.72. The minimum absolute atomic E-state index is 0.0181. The highest BCUT2D eigenvalue weighted by atomic mass is 16.6. The molecule has 1 rings (SSSR count). The molecule has 1 aliphatic heterocycles. The van der Waals surface area contributed by atoms with Gasteiger partial charge in [-0.3, -0.25) is 9.59 Å². The number of allylic oxidation sites excluding steroid dienone is 1. The van der Waals surface area contributed by atoms with E-state index in [1.165, 1.54) is 0 Å². The molecule has 1 fully saturated rings. The van der Waals surface area contributed by atoms with Crippen LogP contribution >= 0.6 is 0 Å². The summed E-state index contributed by atoms with van der Waals surface area (Å²) >= 11 is 0. The second kappa shape index (κ2) is 7.38. The van der Waals surface area contributed by atoms with Crippen LogP contribution in [-0.4, -0.2) is 41.3 Å². The van der Waals surface area contributed by atoms with E-state index in [1.807, 2.05) is 0 Å². The van der Waals surface area contributed by atoms with E-state index in [1.54, 1.807) is 31.7 Å². The molecule has 1 amide bonds. The lowest BCUT2D eigenvalue weighted by Gasteiger charge is -2.26. The fourth-order valence-electron chi connectivity index (χ4n) is 2.50. The quantitative estimate of drug-likeness (QED) is 0.428. The van der Waals surface area contributed by atoms with Gasteiger partial charge in [0.05, 0.1) is 18.4 Å². The Morgan fingerprint density at radius 3 is 2.62 bits per heavy atom. The molecule has 0 bridgehead atoms. The number of nitrogens with zero attached hydrogens (tertiary/aromatic N) is 1. The molecule has 21 heavy (non-hydrogen) atoms. The predicted molar refractivity (Wildman–Crippen MR) is 79.6 cm³/mol. The highest BCUT2D eigenvalue weighted by Gasteiger charge is 2.34. The van der Waals surface area contributed by atoms with Crippen molar-refractivity contribution in [2.24, 2.45) is 5.92 Å². The fourth-order valence-corrected chi connectivity index (χ4v) is 2.50. The molecule has 0 spiro atoms. The Labute approximate surface area is 126 Å². The summed E-state index contributed by atoms with van der Waals surface area (Å²) in [5.41, 5.74) is -0.572. The molecule has 0 aromatic rings. The van der Waals surface area contributed by atoms with Gasteiger partial charge >= 0.3 is 5.97 Å². The van der Waals surface area contributed by atoms with Crippen LogP contribution in [0.3, 0.4) is 0 Å². The van der Waals surface area contributed by atoms with Crippen molar-refractivity contribution in [1.29, 1.82) is 0 Å². The second-order valence-electron chi connectivity index (χ2n) is 6.39. The van der Waals surface area contributed by atoms with Crippen LogP contribution in [-0.2, 0) is 19.1 Å². The van der Waals surface area contributed by atoms with Gasteiger partial charge in [0.2, 0.25) is 5.91 Å². The standard InChI is InChI=1S/C16H25NO4/c1-5-7-12(10-14(19)21-16(2,3)4)15(20)17-9-6-8-13(17)11-18/h5,11-13H,1,6-10H2,2-4H3. The third-order valence-corrected chi connectivity index (χ3v) is 3.37. The molecule has 0 saturated carbocycles. The Morgan fingerprint density at radius 1 is 1.43 bits per heavy atom. The summed E-state index contributed by atoms with van der Waals surface area (Å²) in [7, 11) is 0. The topological polar surface area (TPSA) is 63.7 Å². The van der Waals surface area contributed by atoms with E-state index in [2.05, 4.69) is 6.58 Å². The lowest BCUT2D eigenvalue weighted by molar-refractivity contribution is -0.158. The summed E-state index contributed by atoms with van der Waals surface area (Å²) in [4.78, 5) is 37.0. The maximum atomic E-state index is 12.5. The van der Waals surface area contributed by atoms with Crippen LogP contribution in [0.25, 0.3) is 0 Å². The SMILES string of the molecule is C=CCC(CC(=O)OC(C)(C)C)C(=O)N1CCCC1C=O. The first kappa shape index (κ1) is 17.4. The van der Waals surface area contributed by atoms with Gasteiger partial charge in [0.25, 0.3) is 0 Å². The molecule has 0 aromatic carbocycles. The number of esters is 1. The fraction of sp³-hybridized carbons (Fsp3) is 0.688. The van der Waals surface area contributed by atoms with Gasteiger partial charge in [0, 0.05) is 6.54 Å². The number of amides is 1. The van der Waals surface area contributed by atoms with E-state index in [4.69, 9.17) is 4.74 Å². The summed E-state index contributed by atoms with van der Waals surface area (Å²) < 4.78 is 5.27. The first-order valence-electron chi connectivity index (χ1n) is 7.37. The van der Waals surface area contributed by atoms with Gasteiger partial charge in [-0.15, -0.1) is 6.58 Å². The van der Waals surface area contributed by atoms with Crippen LogP contribution in [0.15, 0.2) is 12.7 Å². The summed E-state index contributed by atoms with van der Waals surface area (Å²) in [6, 6.07) is -0.358. The number of carbonyl (C=O) groups is 3. The number of ether oxygens (including phenoxy) is 1.